The largest absolute Gasteiger partial charge is 0.477 e. The third-order valence-electron chi connectivity index (χ3n) is 5.43. The molecule has 2 amide bonds. The maximum Gasteiger partial charge on any atom is 0.431 e. The van der Waals surface area contributed by atoms with Crippen molar-refractivity contribution in [2.45, 2.75) is 24.9 Å². The molecule has 18 heteroatoms. The van der Waals surface area contributed by atoms with E-state index in [1.54, 1.807) is 12.4 Å². The number of anilines is 1. The Balaban J connectivity index is 1.51. The summed E-state index contributed by atoms with van der Waals surface area (Å²) in [5.74, 6) is -2.61. The molecule has 0 aliphatic carbocycles. The third kappa shape index (κ3) is 6.56. The van der Waals surface area contributed by atoms with Gasteiger partial charge < -0.3 is 20.2 Å². The predicted molar refractivity (Wildman–Crippen MR) is 144 cm³/mol. The van der Waals surface area contributed by atoms with Crippen LogP contribution in [0.4, 0.5) is 5.13 Å². The molecular formula is C22H25N7O8PS2+. The molecule has 0 bridgehead atoms. The SMILES string of the molecule is C=CCON=C(C(=O)NC1C(=O)N2C(C(=O)O)=C(C[n+]3ccccc3)CS[C@@H]12)c1nsc(NP(=O)(O)OCC)n1. The third-order valence-corrected chi connectivity index (χ3v) is 8.65. The Morgan fingerprint density at radius 1 is 1.38 bits per heavy atom. The number of oxime groups is 1. The smallest absolute Gasteiger partial charge is 0.431 e. The highest BCUT2D eigenvalue weighted by Crippen LogP contribution is 2.42. The minimum Gasteiger partial charge on any atom is -0.477 e. The summed E-state index contributed by atoms with van der Waals surface area (Å²) in [5, 5.41) is 17.7. The van der Waals surface area contributed by atoms with Gasteiger partial charge in [-0.15, -0.1) is 11.8 Å². The highest BCUT2D eigenvalue weighted by atomic mass is 32.2. The number of aromatic nitrogens is 3. The Hall–Kier alpha value is -3.63. The molecular weight excluding hydrogens is 585 g/mol. The summed E-state index contributed by atoms with van der Waals surface area (Å²) in [5.41, 5.74) is 0.0408. The standard InChI is InChI=1S/C22H24N7O8PS2/c1-3-10-36-25-14(17-24-22(40-27-17)26-38(34,35)37-4-2)18(30)23-15-19(31)29-16(21(32)33)13(12-39-20(15)29)11-28-8-6-5-7-9-28/h3,5-9,15,20H,1,4,10-12H2,2H3,(H3-,23,24,26,27,30,32,33,34,35)/p+1/t15?,20-/m0/s1. The van der Waals surface area contributed by atoms with Crippen LogP contribution in [0.1, 0.15) is 12.7 Å². The van der Waals surface area contributed by atoms with Gasteiger partial charge in [0.05, 0.1) is 6.61 Å². The van der Waals surface area contributed by atoms with Crippen LogP contribution in [0.5, 0.6) is 0 Å². The van der Waals surface area contributed by atoms with E-state index in [4.69, 9.17) is 9.36 Å². The zero-order valence-electron chi connectivity index (χ0n) is 21.0. The van der Waals surface area contributed by atoms with Crippen molar-refractivity contribution in [1.82, 2.24) is 19.6 Å². The second-order valence-corrected chi connectivity index (χ2v) is 11.5. The van der Waals surface area contributed by atoms with Crippen molar-refractivity contribution in [1.29, 1.82) is 0 Å². The normalized spacial score (nSPS) is 20.2. The van der Waals surface area contributed by atoms with E-state index < -0.39 is 42.7 Å². The molecule has 0 spiro atoms. The van der Waals surface area contributed by atoms with Crippen LogP contribution in [0.15, 0.2) is 59.7 Å². The van der Waals surface area contributed by atoms with Gasteiger partial charge in [-0.05, 0) is 6.92 Å². The summed E-state index contributed by atoms with van der Waals surface area (Å²) in [6, 6.07) is 4.42. The van der Waals surface area contributed by atoms with Crippen LogP contribution >= 0.6 is 31.0 Å². The lowest BCUT2D eigenvalue weighted by Gasteiger charge is -2.49. The van der Waals surface area contributed by atoms with Crippen LogP contribution in [-0.2, 0) is 34.9 Å². The lowest BCUT2D eigenvalue weighted by molar-refractivity contribution is -0.689. The Morgan fingerprint density at radius 2 is 2.12 bits per heavy atom. The van der Waals surface area contributed by atoms with E-state index in [1.165, 1.54) is 29.7 Å². The number of pyridine rings is 1. The topological polar surface area (TPSA) is 197 Å². The minimum absolute atomic E-state index is 0.0338. The predicted octanol–water partition coefficient (Wildman–Crippen LogP) is 0.720. The molecule has 4 N–H and O–H groups in total. The molecule has 1 fully saturated rings. The van der Waals surface area contributed by atoms with Gasteiger partial charge in [-0.3, -0.25) is 24.1 Å². The van der Waals surface area contributed by atoms with Gasteiger partial charge in [0, 0.05) is 35.0 Å². The highest BCUT2D eigenvalue weighted by Gasteiger charge is 2.55. The van der Waals surface area contributed by atoms with E-state index in [2.05, 4.69) is 31.5 Å². The monoisotopic (exact) mass is 610 g/mol. The number of fused-ring (bicyclic) bond motifs is 1. The molecule has 40 heavy (non-hydrogen) atoms. The van der Waals surface area contributed by atoms with Gasteiger partial charge in [0.25, 0.3) is 11.8 Å². The lowest BCUT2D eigenvalue weighted by Crippen LogP contribution is -2.71. The van der Waals surface area contributed by atoms with Crippen molar-refractivity contribution >= 4 is 59.7 Å². The molecule has 4 heterocycles. The number of carbonyl (C=O) groups is 3. The Bertz CT molecular complexity index is 1420. The number of carboxylic acid groups (broad SMARTS) is 1. The number of hydrogen-bond donors (Lipinski definition) is 4. The number of carbonyl (C=O) groups excluding carboxylic acids is 2. The molecule has 0 saturated carbocycles. The number of carboxylic acids is 1. The lowest BCUT2D eigenvalue weighted by atomic mass is 10.0. The fourth-order valence-corrected chi connectivity index (χ4v) is 6.78. The molecule has 4 rings (SSSR count). The maximum absolute atomic E-state index is 13.2. The quantitative estimate of drug-likeness (QED) is 0.0472. The van der Waals surface area contributed by atoms with Gasteiger partial charge in [-0.1, -0.05) is 23.9 Å². The maximum atomic E-state index is 13.2. The number of thioether (sulfide) groups is 1. The van der Waals surface area contributed by atoms with Crippen molar-refractivity contribution in [3.05, 3.63) is 60.3 Å². The number of rotatable bonds is 13. The minimum atomic E-state index is -4.20. The van der Waals surface area contributed by atoms with E-state index in [0.717, 1.165) is 0 Å². The summed E-state index contributed by atoms with van der Waals surface area (Å²) in [6.45, 7) is 5.24. The number of amides is 2. The van der Waals surface area contributed by atoms with Crippen molar-refractivity contribution < 1.29 is 42.9 Å². The molecule has 212 valence electrons. The molecule has 2 unspecified atom stereocenters. The van der Waals surface area contributed by atoms with Crippen molar-refractivity contribution in [2.24, 2.45) is 5.16 Å². The van der Waals surface area contributed by atoms with E-state index >= 15 is 0 Å². The first-order chi connectivity index (χ1) is 19.1. The van der Waals surface area contributed by atoms with Gasteiger partial charge >= 0.3 is 13.7 Å². The summed E-state index contributed by atoms with van der Waals surface area (Å²) in [7, 11) is -4.20. The van der Waals surface area contributed by atoms with Gasteiger partial charge in [0.1, 0.15) is 23.7 Å². The van der Waals surface area contributed by atoms with Crippen LogP contribution < -0.4 is 15.0 Å². The number of nitrogens with one attached hydrogen (secondary N) is 2. The van der Waals surface area contributed by atoms with Gasteiger partial charge in [0.15, 0.2) is 18.9 Å². The van der Waals surface area contributed by atoms with Crippen molar-refractivity contribution in [2.75, 3.05) is 24.1 Å². The fraction of sp³-hybridized carbons (Fsp3) is 0.318. The van der Waals surface area contributed by atoms with E-state index in [9.17, 15) is 28.9 Å². The van der Waals surface area contributed by atoms with E-state index in [0.29, 0.717) is 22.9 Å². The van der Waals surface area contributed by atoms with Gasteiger partial charge in [-0.25, -0.2) is 13.9 Å². The molecule has 3 atom stereocenters. The first-order valence-electron chi connectivity index (χ1n) is 11.7. The Kier molecular flexibility index (Phi) is 9.32. The second-order valence-electron chi connectivity index (χ2n) is 8.16. The first kappa shape index (κ1) is 29.4. The molecule has 2 aromatic heterocycles. The zero-order valence-corrected chi connectivity index (χ0v) is 23.5. The van der Waals surface area contributed by atoms with Crippen LogP contribution in [0.25, 0.3) is 0 Å². The van der Waals surface area contributed by atoms with Crippen LogP contribution in [-0.4, -0.2) is 78.1 Å². The van der Waals surface area contributed by atoms with Crippen LogP contribution in [0, 0.1) is 0 Å². The number of nitrogens with zero attached hydrogens (tertiary/aromatic N) is 5. The molecule has 0 radical (unpaired) electrons. The Labute approximate surface area is 236 Å². The fourth-order valence-electron chi connectivity index (χ4n) is 3.81. The summed E-state index contributed by atoms with van der Waals surface area (Å²) < 4.78 is 22.5. The van der Waals surface area contributed by atoms with Crippen molar-refractivity contribution in [3.63, 3.8) is 0 Å². The molecule has 0 aromatic carbocycles. The molecule has 2 aromatic rings. The van der Waals surface area contributed by atoms with E-state index in [-0.39, 0.29) is 36.4 Å². The zero-order chi connectivity index (χ0) is 28.9. The average Bonchev–Trinajstić information content (AvgIpc) is 3.36. The summed E-state index contributed by atoms with van der Waals surface area (Å²) >= 11 is 1.99. The molecule has 2 aliphatic rings. The van der Waals surface area contributed by atoms with Crippen molar-refractivity contribution in [3.8, 4) is 0 Å². The highest BCUT2D eigenvalue weighted by molar-refractivity contribution is 8.00. The number of β-lactam (4-membered cyclic amide) rings is 1. The first-order valence-corrected chi connectivity index (χ1v) is 15.1. The Morgan fingerprint density at radius 3 is 2.80 bits per heavy atom. The molecule has 15 nitrogen and oxygen atoms in total. The molecule has 2 aliphatic heterocycles. The van der Waals surface area contributed by atoms with Gasteiger partial charge in [0.2, 0.25) is 16.7 Å². The average molecular weight is 611 g/mol. The summed E-state index contributed by atoms with van der Waals surface area (Å²) in [6.07, 6.45) is 4.98. The summed E-state index contributed by atoms with van der Waals surface area (Å²) in [4.78, 5) is 58.4. The van der Waals surface area contributed by atoms with Crippen LogP contribution in [0.2, 0.25) is 0 Å². The van der Waals surface area contributed by atoms with Crippen LogP contribution in [0.3, 0.4) is 0 Å². The number of aliphatic carboxylic acids is 1. The van der Waals surface area contributed by atoms with E-state index in [1.807, 2.05) is 22.8 Å². The molecule has 1 saturated heterocycles. The number of hydrogen-bond acceptors (Lipinski definition) is 11. The second kappa shape index (κ2) is 12.7. The van der Waals surface area contributed by atoms with Gasteiger partial charge in [-0.2, -0.15) is 9.36 Å².